The Balaban J connectivity index is 2.22. The van der Waals surface area contributed by atoms with Crippen molar-refractivity contribution in [1.82, 2.24) is 0 Å². The minimum Gasteiger partial charge on any atom is -0.331 e. The summed E-state index contributed by atoms with van der Waals surface area (Å²) in [6.45, 7) is 5.70. The van der Waals surface area contributed by atoms with Crippen LogP contribution in [0.2, 0.25) is 0 Å². The standard InChI is InChI=1S/C16H18O3S/c1-3-5-6-10-13-15-16(4-2,19-15)20(17,18)14-11-8-7-9-12-14/h4,7-9,11-12,15H,2-3,5-6H2,1H3/t15-,16+/m1/s1. The fraction of sp³-hybridized carbons (Fsp3) is 0.375. The van der Waals surface area contributed by atoms with Crippen molar-refractivity contribution in [2.75, 3.05) is 0 Å². The predicted octanol–water partition coefficient (Wildman–Crippen LogP) is 2.94. The Hall–Kier alpha value is -1.57. The molecule has 0 spiro atoms. The Morgan fingerprint density at radius 1 is 1.40 bits per heavy atom. The van der Waals surface area contributed by atoms with Gasteiger partial charge in [0.1, 0.15) is 0 Å². The lowest BCUT2D eigenvalue weighted by Crippen LogP contribution is -2.25. The molecule has 1 saturated heterocycles. The van der Waals surface area contributed by atoms with Crippen LogP contribution in [0.15, 0.2) is 47.9 Å². The van der Waals surface area contributed by atoms with Gasteiger partial charge in [-0.2, -0.15) is 0 Å². The third-order valence-electron chi connectivity index (χ3n) is 3.26. The zero-order valence-electron chi connectivity index (χ0n) is 11.5. The number of ether oxygens (including phenoxy) is 1. The van der Waals surface area contributed by atoms with Gasteiger partial charge in [0, 0.05) is 6.42 Å². The maximum Gasteiger partial charge on any atom is 0.230 e. The number of unbranched alkanes of at least 4 members (excludes halogenated alkanes) is 2. The molecule has 0 amide bonds. The van der Waals surface area contributed by atoms with Crippen molar-refractivity contribution < 1.29 is 13.2 Å². The van der Waals surface area contributed by atoms with E-state index < -0.39 is 20.9 Å². The molecule has 2 atom stereocenters. The smallest absolute Gasteiger partial charge is 0.230 e. The summed E-state index contributed by atoms with van der Waals surface area (Å²) >= 11 is 0. The number of epoxide rings is 1. The van der Waals surface area contributed by atoms with Gasteiger partial charge in [0.25, 0.3) is 0 Å². The van der Waals surface area contributed by atoms with Gasteiger partial charge in [0.2, 0.25) is 14.8 Å². The second kappa shape index (κ2) is 5.82. The molecule has 1 aliphatic heterocycles. The first-order chi connectivity index (χ1) is 9.58. The molecule has 0 radical (unpaired) electrons. The lowest BCUT2D eigenvalue weighted by Gasteiger charge is -2.08. The zero-order chi connectivity index (χ0) is 14.6. The molecule has 106 valence electrons. The summed E-state index contributed by atoms with van der Waals surface area (Å²) < 4.78 is 30.5. The first-order valence-corrected chi connectivity index (χ1v) is 8.16. The zero-order valence-corrected chi connectivity index (χ0v) is 12.3. The minimum absolute atomic E-state index is 0.234. The molecule has 1 heterocycles. The molecule has 2 rings (SSSR count). The Kier molecular flexibility index (Phi) is 4.32. The first-order valence-electron chi connectivity index (χ1n) is 6.68. The largest absolute Gasteiger partial charge is 0.331 e. The predicted molar refractivity (Wildman–Crippen MR) is 78.7 cm³/mol. The average Bonchev–Trinajstić information content (AvgIpc) is 3.20. The van der Waals surface area contributed by atoms with Crippen LogP contribution in [0.25, 0.3) is 0 Å². The molecule has 0 saturated carbocycles. The second-order valence-corrected chi connectivity index (χ2v) is 6.78. The maximum absolute atomic E-state index is 12.6. The van der Waals surface area contributed by atoms with E-state index in [4.69, 9.17) is 4.74 Å². The molecule has 3 nitrogen and oxygen atoms in total. The van der Waals surface area contributed by atoms with Crippen molar-refractivity contribution in [2.24, 2.45) is 0 Å². The van der Waals surface area contributed by atoms with Crippen LogP contribution in [-0.2, 0) is 14.6 Å². The summed E-state index contributed by atoms with van der Waals surface area (Å²) in [5.74, 6) is 5.86. The number of hydrogen-bond donors (Lipinski definition) is 0. The van der Waals surface area contributed by atoms with E-state index in [2.05, 4.69) is 25.3 Å². The maximum atomic E-state index is 12.6. The van der Waals surface area contributed by atoms with E-state index in [9.17, 15) is 8.42 Å². The van der Waals surface area contributed by atoms with Gasteiger partial charge in [-0.05, 0) is 24.6 Å². The van der Waals surface area contributed by atoms with Gasteiger partial charge in [-0.15, -0.1) is 5.92 Å². The number of hydrogen-bond acceptors (Lipinski definition) is 3. The normalized spacial score (nSPS) is 24.6. The molecule has 4 heteroatoms. The van der Waals surface area contributed by atoms with Crippen LogP contribution in [-0.4, -0.2) is 19.5 Å². The van der Waals surface area contributed by atoms with Gasteiger partial charge < -0.3 is 4.74 Å². The van der Waals surface area contributed by atoms with Crippen LogP contribution in [0.1, 0.15) is 26.2 Å². The van der Waals surface area contributed by atoms with Gasteiger partial charge in [0.15, 0.2) is 6.10 Å². The first kappa shape index (κ1) is 14.8. The summed E-state index contributed by atoms with van der Waals surface area (Å²) in [6.07, 6.45) is 3.56. The van der Waals surface area contributed by atoms with Crippen molar-refractivity contribution in [3.05, 3.63) is 43.0 Å². The molecule has 1 fully saturated rings. The summed E-state index contributed by atoms with van der Waals surface area (Å²) in [7, 11) is -3.61. The van der Waals surface area contributed by atoms with Crippen molar-refractivity contribution >= 4 is 9.84 Å². The van der Waals surface area contributed by atoms with Crippen LogP contribution >= 0.6 is 0 Å². The van der Waals surface area contributed by atoms with Crippen molar-refractivity contribution in [3.63, 3.8) is 0 Å². The van der Waals surface area contributed by atoms with Crippen molar-refractivity contribution in [2.45, 2.75) is 42.1 Å². The third kappa shape index (κ3) is 2.52. The molecule has 0 aromatic heterocycles. The number of rotatable bonds is 5. The highest BCUT2D eigenvalue weighted by molar-refractivity contribution is 7.93. The number of benzene rings is 1. The molecule has 0 aliphatic carbocycles. The highest BCUT2D eigenvalue weighted by atomic mass is 32.2. The molecule has 0 N–H and O–H groups in total. The van der Waals surface area contributed by atoms with E-state index in [1.54, 1.807) is 30.3 Å². The van der Waals surface area contributed by atoms with Gasteiger partial charge in [-0.3, -0.25) is 0 Å². The molecule has 20 heavy (non-hydrogen) atoms. The van der Waals surface area contributed by atoms with Crippen molar-refractivity contribution in [1.29, 1.82) is 0 Å². The summed E-state index contributed by atoms with van der Waals surface area (Å²) in [5.41, 5.74) is 0. The van der Waals surface area contributed by atoms with Crippen LogP contribution < -0.4 is 0 Å². The Morgan fingerprint density at radius 2 is 2.10 bits per heavy atom. The quantitative estimate of drug-likeness (QED) is 0.362. The Labute approximate surface area is 120 Å². The second-order valence-electron chi connectivity index (χ2n) is 4.66. The summed E-state index contributed by atoms with van der Waals surface area (Å²) in [6, 6.07) is 8.27. The molecular weight excluding hydrogens is 272 g/mol. The topological polar surface area (TPSA) is 46.7 Å². The fourth-order valence-corrected chi connectivity index (χ4v) is 3.63. The summed E-state index contributed by atoms with van der Waals surface area (Å²) in [5, 5.41) is 0. The molecule has 0 bridgehead atoms. The Bertz CT molecular complexity index is 637. The Morgan fingerprint density at radius 3 is 2.70 bits per heavy atom. The van der Waals surface area contributed by atoms with E-state index >= 15 is 0 Å². The molecule has 1 aliphatic rings. The van der Waals surface area contributed by atoms with Gasteiger partial charge in [-0.1, -0.05) is 44.0 Å². The van der Waals surface area contributed by atoms with E-state index in [0.717, 1.165) is 19.3 Å². The van der Waals surface area contributed by atoms with Gasteiger partial charge >= 0.3 is 0 Å². The van der Waals surface area contributed by atoms with Crippen molar-refractivity contribution in [3.8, 4) is 11.8 Å². The van der Waals surface area contributed by atoms with Crippen LogP contribution in [0.4, 0.5) is 0 Å². The molecular formula is C16H18O3S. The fourth-order valence-electron chi connectivity index (χ4n) is 1.96. The number of sulfone groups is 1. The summed E-state index contributed by atoms with van der Waals surface area (Å²) in [4.78, 5) is -1.15. The minimum atomic E-state index is -3.61. The SMILES string of the molecule is C=C[C@@]1(S(=O)(=O)c2ccccc2)O[C@@H]1C#CCCCC. The van der Waals surface area contributed by atoms with Crippen LogP contribution in [0, 0.1) is 11.8 Å². The van der Waals surface area contributed by atoms with E-state index in [0.29, 0.717) is 0 Å². The lowest BCUT2D eigenvalue weighted by molar-refractivity contribution is 0.388. The highest BCUT2D eigenvalue weighted by Gasteiger charge is 2.64. The van der Waals surface area contributed by atoms with Crippen LogP contribution in [0.5, 0.6) is 0 Å². The monoisotopic (exact) mass is 290 g/mol. The highest BCUT2D eigenvalue weighted by Crippen LogP contribution is 2.45. The molecule has 1 aromatic rings. The average molecular weight is 290 g/mol. The van der Waals surface area contributed by atoms with Gasteiger partial charge in [-0.25, -0.2) is 8.42 Å². The molecule has 0 unspecified atom stereocenters. The van der Waals surface area contributed by atoms with E-state index in [1.807, 2.05) is 0 Å². The third-order valence-corrected chi connectivity index (χ3v) is 5.47. The lowest BCUT2D eigenvalue weighted by atomic mass is 10.2. The molecule has 1 aromatic carbocycles. The van der Waals surface area contributed by atoms with E-state index in [-0.39, 0.29) is 4.90 Å². The van der Waals surface area contributed by atoms with Crippen LogP contribution in [0.3, 0.4) is 0 Å². The van der Waals surface area contributed by atoms with E-state index in [1.165, 1.54) is 6.08 Å². The van der Waals surface area contributed by atoms with Gasteiger partial charge in [0.05, 0.1) is 4.90 Å².